The lowest BCUT2D eigenvalue weighted by atomic mass is 9.73. The molecule has 0 spiro atoms. The molecule has 17 nitrogen and oxygen atoms in total. The lowest BCUT2D eigenvalue weighted by molar-refractivity contribution is -0.298. The molecule has 0 bridgehead atoms. The summed E-state index contributed by atoms with van der Waals surface area (Å²) in [6.07, 6.45) is -3.12. The van der Waals surface area contributed by atoms with Gasteiger partial charge in [0.1, 0.15) is 35.8 Å². The number of para-hydroxylation sites is 1. The number of pyridine rings is 2. The molecule has 354 valence electrons. The summed E-state index contributed by atoms with van der Waals surface area (Å²) in [6.45, 7) is 13.5. The summed E-state index contributed by atoms with van der Waals surface area (Å²) in [5, 5.41) is 18.4. The third-order valence-corrected chi connectivity index (χ3v) is 13.4. The topological polar surface area (TPSA) is 214 Å². The van der Waals surface area contributed by atoms with E-state index in [1.807, 2.05) is 56.3 Å². The van der Waals surface area contributed by atoms with Gasteiger partial charge >= 0.3 is 24.1 Å². The Kier molecular flexibility index (Phi) is 15.5. The number of Topliss-reactive ketones (excluding diaryl/α,β-unsaturated/α-hetero) is 1. The number of aliphatic hydroxyl groups excluding tert-OH is 1. The highest BCUT2D eigenvalue weighted by molar-refractivity contribution is 5.85. The molecule has 17 heteroatoms. The minimum absolute atomic E-state index is 0.0296. The summed E-state index contributed by atoms with van der Waals surface area (Å²) in [5.41, 5.74) is -1.21. The number of benzene rings is 1. The number of likely N-dealkylation sites (N-methyl/N-ethyl adjacent to an activating group) is 1. The molecule has 0 saturated carbocycles. The number of aromatic nitrogens is 2. The number of rotatable bonds is 10. The van der Waals surface area contributed by atoms with E-state index in [0.717, 1.165) is 10.9 Å². The second kappa shape index (κ2) is 20.5. The molecule has 1 aromatic carbocycles. The largest absolute Gasteiger partial charge is 0.461 e. The van der Waals surface area contributed by atoms with Crippen molar-refractivity contribution in [1.29, 1.82) is 0 Å². The number of carbonyl (C=O) groups is 5. The Labute approximate surface area is 380 Å². The molecular formula is C48H65N5O12. The van der Waals surface area contributed by atoms with Crippen LogP contribution in [0.4, 0.5) is 9.59 Å². The van der Waals surface area contributed by atoms with Gasteiger partial charge in [-0.3, -0.25) is 24.4 Å². The zero-order valence-electron chi connectivity index (χ0n) is 39.0. The van der Waals surface area contributed by atoms with Crippen molar-refractivity contribution in [3.63, 3.8) is 0 Å². The first-order valence-electron chi connectivity index (χ1n) is 22.5. The fourth-order valence-electron chi connectivity index (χ4n) is 9.93. The van der Waals surface area contributed by atoms with Gasteiger partial charge < -0.3 is 49.1 Å². The molecule has 3 N–H and O–H groups in total. The van der Waals surface area contributed by atoms with Crippen LogP contribution in [0, 0.1) is 23.7 Å². The molecule has 3 fully saturated rings. The molecule has 3 aliphatic rings. The number of fused-ring (bicyclic) bond motifs is 2. The molecule has 0 radical (unpaired) electrons. The highest BCUT2D eigenvalue weighted by atomic mass is 16.7. The maximum atomic E-state index is 14.7. The molecule has 3 saturated heterocycles. The lowest BCUT2D eigenvalue weighted by Crippen LogP contribution is -2.61. The van der Waals surface area contributed by atoms with Crippen molar-refractivity contribution in [2.24, 2.45) is 23.7 Å². The Morgan fingerprint density at radius 2 is 1.74 bits per heavy atom. The van der Waals surface area contributed by atoms with E-state index in [1.165, 1.54) is 6.20 Å². The smallest absolute Gasteiger partial charge is 0.408 e. The molecule has 65 heavy (non-hydrogen) atoms. The monoisotopic (exact) mass is 903 g/mol. The molecular weight excluding hydrogens is 839 g/mol. The highest BCUT2D eigenvalue weighted by Crippen LogP contribution is 2.42. The van der Waals surface area contributed by atoms with E-state index in [1.54, 1.807) is 73.0 Å². The molecule has 0 unspecified atom stereocenters. The molecule has 14 atom stereocenters. The number of nitrogens with zero attached hydrogens (tertiary/aromatic N) is 3. The van der Waals surface area contributed by atoms with Crippen LogP contribution >= 0.6 is 0 Å². The molecule has 6 rings (SSSR count). The van der Waals surface area contributed by atoms with E-state index < -0.39 is 102 Å². The second-order valence-corrected chi connectivity index (χ2v) is 18.7. The summed E-state index contributed by atoms with van der Waals surface area (Å²) >= 11 is 0. The number of hydrogen-bond acceptors (Lipinski definition) is 15. The van der Waals surface area contributed by atoms with Gasteiger partial charge in [0.05, 0.1) is 30.0 Å². The van der Waals surface area contributed by atoms with Gasteiger partial charge in [-0.2, -0.15) is 0 Å². The molecule has 3 aliphatic heterocycles. The van der Waals surface area contributed by atoms with Gasteiger partial charge in [0, 0.05) is 54.3 Å². The van der Waals surface area contributed by atoms with Crippen molar-refractivity contribution in [3.05, 3.63) is 72.2 Å². The number of cyclic esters (lactones) is 1. The van der Waals surface area contributed by atoms with E-state index in [4.69, 9.17) is 28.4 Å². The summed E-state index contributed by atoms with van der Waals surface area (Å²) in [5.74, 6) is -5.76. The number of carbonyl (C=O) groups excluding carboxylic acids is 5. The maximum Gasteiger partial charge on any atom is 0.408 e. The normalized spacial score (nSPS) is 34.7. The zero-order chi connectivity index (χ0) is 47.4. The quantitative estimate of drug-likeness (QED) is 0.174. The first-order chi connectivity index (χ1) is 30.7. The predicted molar refractivity (Wildman–Crippen MR) is 237 cm³/mol. The van der Waals surface area contributed by atoms with E-state index in [-0.39, 0.29) is 37.7 Å². The van der Waals surface area contributed by atoms with Gasteiger partial charge in [0.2, 0.25) is 0 Å². The summed E-state index contributed by atoms with van der Waals surface area (Å²) in [4.78, 5) is 81.0. The van der Waals surface area contributed by atoms with Gasteiger partial charge in [-0.05, 0) is 90.4 Å². The minimum Gasteiger partial charge on any atom is -0.461 e. The average Bonchev–Trinajstić information content (AvgIpc) is 3.59. The van der Waals surface area contributed by atoms with Crippen molar-refractivity contribution in [1.82, 2.24) is 25.5 Å². The van der Waals surface area contributed by atoms with Gasteiger partial charge in [-0.25, -0.2) is 9.59 Å². The van der Waals surface area contributed by atoms with Crippen LogP contribution < -0.4 is 10.6 Å². The number of amides is 2. The highest BCUT2D eigenvalue weighted by Gasteiger charge is 2.58. The lowest BCUT2D eigenvalue weighted by Gasteiger charge is -2.48. The number of nitrogens with one attached hydrogen (secondary N) is 2. The number of hydrogen-bond donors (Lipinski definition) is 3. The van der Waals surface area contributed by atoms with Crippen molar-refractivity contribution >= 4 is 40.8 Å². The van der Waals surface area contributed by atoms with Crippen LogP contribution in [0.25, 0.3) is 10.9 Å². The average molecular weight is 904 g/mol. The Morgan fingerprint density at radius 1 is 1.00 bits per heavy atom. The molecule has 3 aromatic rings. The van der Waals surface area contributed by atoms with Crippen LogP contribution in [0.15, 0.2) is 61.1 Å². The summed E-state index contributed by atoms with van der Waals surface area (Å²) in [6, 6.07) is 11.5. The maximum absolute atomic E-state index is 14.7. The summed E-state index contributed by atoms with van der Waals surface area (Å²) in [7, 11) is 3.67. The van der Waals surface area contributed by atoms with Crippen LogP contribution in [0.3, 0.4) is 0 Å². The van der Waals surface area contributed by atoms with Gasteiger partial charge in [-0.1, -0.05) is 52.0 Å². The predicted octanol–water partition coefficient (Wildman–Crippen LogP) is 5.29. The fourth-order valence-corrected chi connectivity index (χ4v) is 9.93. The number of esters is 2. The zero-order valence-corrected chi connectivity index (χ0v) is 39.0. The standard InChI is InChI=1S/C48H65N5O12/c1-11-36-48(8)41(52-46(59)65-48)28(4)38(55)26(2)22-47(7,64-45(58)51-25-32-20-33-16-12-13-17-34(33)50-24-32)42(63-44-39(56)35(53(9)10)19-27(3)60-44)29(5)40(30(6)43(57)61-36)62-37(54)21-31-15-14-18-49-23-31/h12-18,20,23-24,26-30,35-36,39-42,44,56H,11,19,21-22,25H2,1-10H3,(H,51,58)(H,52,59)/t26-,27-,28+,29+,30-,35+,36-,39-,40+,41-,42-,44+,47-,48-/m1/s1. The third kappa shape index (κ3) is 11.1. The van der Waals surface area contributed by atoms with Gasteiger partial charge in [-0.15, -0.1) is 0 Å². The molecule has 5 heterocycles. The Hall–Kier alpha value is -5.23. The van der Waals surface area contributed by atoms with Crippen molar-refractivity contribution in [3.8, 4) is 0 Å². The first-order valence-corrected chi connectivity index (χ1v) is 22.5. The van der Waals surface area contributed by atoms with E-state index in [0.29, 0.717) is 17.5 Å². The number of ether oxygens (including phenoxy) is 6. The van der Waals surface area contributed by atoms with E-state index in [2.05, 4.69) is 20.6 Å². The SMILES string of the molecule is CC[C@H]1OC(=O)[C@H](C)[C@@H](OC(=O)Cc2cccnc2)[C@H](C)[C@@H](O[C@@H]2O[C@H](C)C[C@H](N(C)C)[C@H]2O)[C@](C)(OC(=O)NCc2cnc3ccccc3c2)C[C@@H](C)C(=O)[C@H](C)[C@H]2NC(=O)O[C@@]21C. The Balaban J connectivity index is 1.46. The van der Waals surface area contributed by atoms with Crippen LogP contribution in [0.1, 0.15) is 85.8 Å². The number of aliphatic hydroxyl groups is 1. The molecule has 2 amide bonds. The van der Waals surface area contributed by atoms with Crippen LogP contribution in [0.5, 0.6) is 0 Å². The van der Waals surface area contributed by atoms with Gasteiger partial charge in [0.15, 0.2) is 11.9 Å². The molecule has 0 aliphatic carbocycles. The second-order valence-electron chi connectivity index (χ2n) is 18.7. The van der Waals surface area contributed by atoms with Crippen molar-refractivity contribution in [2.75, 3.05) is 14.1 Å². The first kappa shape index (κ1) is 49.2. The van der Waals surface area contributed by atoms with Crippen LogP contribution in [0.2, 0.25) is 0 Å². The number of alkyl carbamates (subject to hydrolysis) is 2. The Morgan fingerprint density at radius 3 is 2.43 bits per heavy atom. The van der Waals surface area contributed by atoms with Crippen molar-refractivity contribution < 1.29 is 57.5 Å². The fraction of sp³-hybridized carbons (Fsp3) is 0.604. The number of ketones is 1. The minimum atomic E-state index is -1.77. The summed E-state index contributed by atoms with van der Waals surface area (Å²) < 4.78 is 38.0. The van der Waals surface area contributed by atoms with Crippen molar-refractivity contribution in [2.45, 2.75) is 148 Å². The third-order valence-electron chi connectivity index (χ3n) is 13.4. The van der Waals surface area contributed by atoms with E-state index in [9.17, 15) is 29.1 Å². The molecule has 2 aromatic heterocycles. The van der Waals surface area contributed by atoms with Gasteiger partial charge in [0.25, 0.3) is 0 Å². The van der Waals surface area contributed by atoms with Crippen LogP contribution in [-0.2, 0) is 55.8 Å². The Bertz CT molecular complexity index is 2180. The van der Waals surface area contributed by atoms with Crippen LogP contribution in [-0.4, -0.2) is 124 Å². The van der Waals surface area contributed by atoms with E-state index >= 15 is 0 Å².